The highest BCUT2D eigenvalue weighted by molar-refractivity contribution is 5.83. The smallest absolute Gasteiger partial charge is 0.416 e. The summed E-state index contributed by atoms with van der Waals surface area (Å²) in [7, 11) is 1.34. The molecule has 6 rings (SSSR count). The number of halogens is 5. The fourth-order valence-corrected chi connectivity index (χ4v) is 7.35. The average Bonchev–Trinajstić information content (AvgIpc) is 3.28. The van der Waals surface area contributed by atoms with E-state index in [0.29, 0.717) is 37.1 Å². The summed E-state index contributed by atoms with van der Waals surface area (Å²) in [6.45, 7) is 4.53. The van der Waals surface area contributed by atoms with Gasteiger partial charge in [0.25, 0.3) is 5.56 Å². The summed E-state index contributed by atoms with van der Waals surface area (Å²) < 4.78 is 74.2. The van der Waals surface area contributed by atoms with Gasteiger partial charge in [-0.25, -0.2) is 23.4 Å². The number of hydrogen-bond donors (Lipinski definition) is 4. The van der Waals surface area contributed by atoms with Gasteiger partial charge in [-0.1, -0.05) is 42.5 Å². The van der Waals surface area contributed by atoms with Crippen molar-refractivity contribution in [3.63, 3.8) is 0 Å². The van der Waals surface area contributed by atoms with Gasteiger partial charge in [-0.15, -0.1) is 0 Å². The van der Waals surface area contributed by atoms with Gasteiger partial charge in [0.15, 0.2) is 12.2 Å². The molecule has 1 amide bonds. The summed E-state index contributed by atoms with van der Waals surface area (Å²) in [5.41, 5.74) is 0.363. The van der Waals surface area contributed by atoms with Crippen molar-refractivity contribution in [1.29, 1.82) is 0 Å². The van der Waals surface area contributed by atoms with Gasteiger partial charge in [0.05, 0.1) is 18.1 Å². The van der Waals surface area contributed by atoms with E-state index < -0.39 is 58.6 Å². The van der Waals surface area contributed by atoms with Gasteiger partial charge in [0.1, 0.15) is 35.2 Å². The maximum Gasteiger partial charge on any atom is 0.416 e. The third kappa shape index (κ3) is 12.1. The van der Waals surface area contributed by atoms with Crippen LogP contribution in [0.3, 0.4) is 0 Å². The number of alkyl halides is 3. The normalized spacial score (nSPS) is 14.5. The molecule has 0 radical (unpaired) electrons. The zero-order chi connectivity index (χ0) is 47.8. The molecule has 0 spiro atoms. The van der Waals surface area contributed by atoms with E-state index in [2.05, 4.69) is 9.97 Å². The molecule has 2 aromatic heterocycles. The first-order valence-corrected chi connectivity index (χ1v) is 20.1. The lowest BCUT2D eigenvalue weighted by Crippen LogP contribution is -2.56. The Balaban J connectivity index is 0.000000709. The maximum atomic E-state index is 14.6. The second-order valence-corrected chi connectivity index (χ2v) is 15.7. The molecule has 20 heteroatoms. The first kappa shape index (κ1) is 49.4. The molecule has 2 unspecified atom stereocenters. The van der Waals surface area contributed by atoms with Crippen LogP contribution in [0.1, 0.15) is 49.2 Å². The number of pyridine rings is 1. The number of piperidine rings is 1. The van der Waals surface area contributed by atoms with Crippen molar-refractivity contribution in [2.24, 2.45) is 0 Å². The number of carbonyl (C=O) groups is 4. The van der Waals surface area contributed by atoms with Gasteiger partial charge in [-0.05, 0) is 85.7 Å². The lowest BCUT2D eigenvalue weighted by molar-refractivity contribution is -0.165. The van der Waals surface area contributed by atoms with Gasteiger partial charge in [-0.3, -0.25) is 19.3 Å². The van der Waals surface area contributed by atoms with Crippen molar-refractivity contribution in [2.45, 2.75) is 82.6 Å². The predicted molar refractivity (Wildman–Crippen MR) is 223 cm³/mol. The lowest BCUT2D eigenvalue weighted by atomic mass is 9.95. The van der Waals surface area contributed by atoms with Crippen LogP contribution in [0.4, 0.5) is 22.0 Å². The average molecular weight is 912 g/mol. The van der Waals surface area contributed by atoms with Crippen molar-refractivity contribution in [1.82, 2.24) is 24.3 Å². The molecule has 1 fully saturated rings. The molecule has 4 N–H and O–H groups in total. The maximum absolute atomic E-state index is 14.6. The minimum atomic E-state index is -4.45. The number of carboxylic acids is 2. The molecule has 0 aliphatic carbocycles. The highest BCUT2D eigenvalue weighted by Gasteiger charge is 2.39. The Bertz CT molecular complexity index is 2550. The number of ether oxygens (including phenoxy) is 1. The lowest BCUT2D eigenvalue weighted by Gasteiger charge is -2.44. The third-order valence-electron chi connectivity index (χ3n) is 11.1. The van der Waals surface area contributed by atoms with E-state index in [0.717, 1.165) is 29.8 Å². The molecule has 15 nitrogen and oxygen atoms in total. The summed E-state index contributed by atoms with van der Waals surface area (Å²) in [4.78, 5) is 72.3. The number of rotatable bonds is 14. The highest BCUT2D eigenvalue weighted by atomic mass is 19.4. The molecule has 1 aliphatic rings. The summed E-state index contributed by atoms with van der Waals surface area (Å²) in [6, 6.07) is 18.3. The van der Waals surface area contributed by atoms with E-state index in [9.17, 15) is 45.9 Å². The zero-order valence-electron chi connectivity index (χ0n) is 35.3. The van der Waals surface area contributed by atoms with Crippen LogP contribution in [0.15, 0.2) is 89.9 Å². The van der Waals surface area contributed by atoms with E-state index in [1.807, 2.05) is 17.0 Å². The van der Waals surface area contributed by atoms with E-state index in [-0.39, 0.29) is 66.3 Å². The summed E-state index contributed by atoms with van der Waals surface area (Å²) >= 11 is 0. The number of likely N-dealkylation sites (tertiary alicyclic amines) is 1. The van der Waals surface area contributed by atoms with Crippen LogP contribution in [-0.2, 0) is 56.0 Å². The molecule has 3 aromatic carbocycles. The molecule has 3 heterocycles. The second-order valence-electron chi connectivity index (χ2n) is 15.7. The van der Waals surface area contributed by atoms with Crippen molar-refractivity contribution in [3.8, 4) is 11.1 Å². The number of aromatic nitrogens is 3. The molecule has 1 saturated heterocycles. The number of aryl methyl sites for hydroxylation is 2. The number of carbonyl (C=O) groups excluding carboxylic acids is 2. The van der Waals surface area contributed by atoms with Crippen LogP contribution in [-0.4, -0.2) is 113 Å². The quantitative estimate of drug-likeness (QED) is 0.0867. The Labute approximate surface area is 368 Å². The van der Waals surface area contributed by atoms with Crippen molar-refractivity contribution < 1.29 is 66.3 Å². The van der Waals surface area contributed by atoms with E-state index in [4.69, 9.17) is 25.2 Å². The minimum Gasteiger partial charge on any atom is -0.479 e. The van der Waals surface area contributed by atoms with Gasteiger partial charge in [0, 0.05) is 44.4 Å². The zero-order valence-corrected chi connectivity index (χ0v) is 35.3. The number of nitrogens with zero attached hydrogens (tertiary/aromatic N) is 5. The number of amides is 1. The largest absolute Gasteiger partial charge is 0.479 e. The number of hydrogen-bond acceptors (Lipinski definition) is 11. The summed E-state index contributed by atoms with van der Waals surface area (Å²) in [6.07, 6.45) is -6.27. The first-order valence-electron chi connectivity index (χ1n) is 20.1. The minimum absolute atomic E-state index is 0.0595. The van der Waals surface area contributed by atoms with Crippen LogP contribution in [0, 0.1) is 11.6 Å². The molecule has 0 bridgehead atoms. The van der Waals surface area contributed by atoms with Crippen LogP contribution in [0.2, 0.25) is 0 Å². The van der Waals surface area contributed by atoms with Crippen molar-refractivity contribution in [3.05, 3.63) is 130 Å². The Morgan fingerprint density at radius 3 is 1.98 bits per heavy atom. The number of fused-ring (bicyclic) bond motifs is 1. The van der Waals surface area contributed by atoms with Crippen molar-refractivity contribution >= 4 is 34.8 Å². The monoisotopic (exact) mass is 911 g/mol. The number of aliphatic hydroxyl groups excluding tert-OH is 2. The molecular formula is C45H46F5N5O10. The Morgan fingerprint density at radius 1 is 0.862 bits per heavy atom. The number of benzene rings is 3. The topological polar surface area (TPSA) is 213 Å². The number of aliphatic carboxylic acids is 2. The molecular weight excluding hydrogens is 866 g/mol. The van der Waals surface area contributed by atoms with Crippen LogP contribution < -0.4 is 5.56 Å². The van der Waals surface area contributed by atoms with Crippen LogP contribution in [0.5, 0.6) is 0 Å². The number of aliphatic hydroxyl groups is 2. The number of carboxylic acid groups (broad SMARTS) is 2. The molecule has 0 saturated carbocycles. The summed E-state index contributed by atoms with van der Waals surface area (Å²) in [5, 5.41) is 32.7. The fraction of sp³-hybridized carbons (Fsp3) is 0.356. The number of esters is 1. The van der Waals surface area contributed by atoms with Crippen molar-refractivity contribution in [2.75, 3.05) is 20.2 Å². The van der Waals surface area contributed by atoms with Gasteiger partial charge in [0.2, 0.25) is 5.91 Å². The Kier molecular flexibility index (Phi) is 15.9. The van der Waals surface area contributed by atoms with E-state index >= 15 is 0 Å². The molecule has 346 valence electrons. The molecule has 65 heavy (non-hydrogen) atoms. The molecule has 1 aliphatic heterocycles. The standard InChI is InChI=1S/C41H40F5N5O4.C4H6O6/c1-40(2,39(54)55-3)49-21-18-32(19-22-49)50(24-26-6-8-27(9-7-26)28-10-14-30(15-11-28)41(44,45)46)36(52)25-51-35(17-13-29-12-16-31(42)23-34(29)43)48-38(53)33-5-4-20-47-37(33)51;5-1(3(7)8)2(6)4(9)10/h4-12,14-16,20,23,32H,13,17-19,21-22,24-25H2,1-3H3;1-2,5-6H,(H,7,8)(H,9,10). The van der Waals surface area contributed by atoms with Gasteiger partial charge < -0.3 is 34.6 Å². The fourth-order valence-electron chi connectivity index (χ4n) is 7.35. The third-order valence-corrected chi connectivity index (χ3v) is 11.1. The summed E-state index contributed by atoms with van der Waals surface area (Å²) in [5.74, 6) is -5.45. The van der Waals surface area contributed by atoms with Crippen LogP contribution >= 0.6 is 0 Å². The first-order chi connectivity index (χ1) is 30.6. The second kappa shape index (κ2) is 20.9. The molecule has 5 aromatic rings. The van der Waals surface area contributed by atoms with Gasteiger partial charge in [-0.2, -0.15) is 18.2 Å². The van der Waals surface area contributed by atoms with E-state index in [1.165, 1.54) is 31.5 Å². The number of methoxy groups -OCH3 is 1. The van der Waals surface area contributed by atoms with Crippen LogP contribution in [0.25, 0.3) is 22.2 Å². The van der Waals surface area contributed by atoms with E-state index in [1.54, 1.807) is 47.6 Å². The predicted octanol–water partition coefficient (Wildman–Crippen LogP) is 4.86. The Morgan fingerprint density at radius 2 is 1.45 bits per heavy atom. The highest BCUT2D eigenvalue weighted by Crippen LogP contribution is 2.32. The Hall–Kier alpha value is -6.64. The SMILES string of the molecule is COC(=O)C(C)(C)N1CCC(N(Cc2ccc(-c3ccc(C(F)(F)F)cc3)cc2)C(=O)Cn2c(CCc3ccc(F)cc3F)nc(=O)c3cccnc32)CC1.O=C(O)C(O)C(O)C(=O)O. The van der Waals surface area contributed by atoms with Gasteiger partial charge >= 0.3 is 24.1 Å². The molecule has 2 atom stereocenters.